The van der Waals surface area contributed by atoms with Crippen LogP contribution in [0.15, 0.2) is 11.6 Å². The number of nitrogens with two attached hydrogens (primary N) is 1. The fourth-order valence-corrected chi connectivity index (χ4v) is 1.86. The highest BCUT2D eigenvalue weighted by atomic mass is 32.1. The maximum atomic E-state index is 9.77. The van der Waals surface area contributed by atoms with Crippen LogP contribution in [-0.4, -0.2) is 28.9 Å². The number of thiazole rings is 1. The molecule has 1 atom stereocenters. The molecular formula is C7H10N2O2S. The SMILES string of the molecule is NC(c1nccs1)C1(O)COC1. The second kappa shape index (κ2) is 2.77. The maximum absolute atomic E-state index is 9.77. The van der Waals surface area contributed by atoms with Crippen LogP contribution in [0.1, 0.15) is 11.0 Å². The molecule has 3 N–H and O–H groups in total. The van der Waals surface area contributed by atoms with E-state index in [9.17, 15) is 5.11 Å². The Morgan fingerprint density at radius 3 is 2.92 bits per heavy atom. The fraction of sp³-hybridized carbons (Fsp3) is 0.571. The van der Waals surface area contributed by atoms with Gasteiger partial charge in [-0.3, -0.25) is 0 Å². The van der Waals surface area contributed by atoms with Crippen LogP contribution in [0.5, 0.6) is 0 Å². The van der Waals surface area contributed by atoms with Crippen LogP contribution in [0.25, 0.3) is 0 Å². The molecule has 12 heavy (non-hydrogen) atoms. The lowest BCUT2D eigenvalue weighted by Crippen LogP contribution is -2.56. The Morgan fingerprint density at radius 2 is 2.50 bits per heavy atom. The first-order valence-corrected chi connectivity index (χ1v) is 4.55. The van der Waals surface area contributed by atoms with Crippen molar-refractivity contribution in [1.82, 2.24) is 4.98 Å². The van der Waals surface area contributed by atoms with Gasteiger partial charge in [0.2, 0.25) is 0 Å². The number of aliphatic hydroxyl groups is 1. The topological polar surface area (TPSA) is 68.4 Å². The second-order valence-electron chi connectivity index (χ2n) is 2.94. The molecule has 66 valence electrons. The zero-order chi connectivity index (χ0) is 8.60. The fourth-order valence-electron chi connectivity index (χ4n) is 1.11. The second-order valence-corrected chi connectivity index (χ2v) is 3.87. The molecule has 2 heterocycles. The molecule has 1 saturated heterocycles. The van der Waals surface area contributed by atoms with Crippen molar-refractivity contribution in [1.29, 1.82) is 0 Å². The number of rotatable bonds is 2. The van der Waals surface area contributed by atoms with Gasteiger partial charge in [-0.15, -0.1) is 11.3 Å². The van der Waals surface area contributed by atoms with E-state index in [0.29, 0.717) is 13.2 Å². The summed E-state index contributed by atoms with van der Waals surface area (Å²) in [6.07, 6.45) is 1.68. The molecular weight excluding hydrogens is 176 g/mol. The molecule has 1 unspecified atom stereocenters. The Balaban J connectivity index is 2.14. The van der Waals surface area contributed by atoms with Crippen molar-refractivity contribution in [3.05, 3.63) is 16.6 Å². The molecule has 0 aliphatic carbocycles. The summed E-state index contributed by atoms with van der Waals surface area (Å²) in [6.45, 7) is 0.626. The first kappa shape index (κ1) is 8.12. The minimum Gasteiger partial charge on any atom is -0.383 e. The predicted molar refractivity (Wildman–Crippen MR) is 44.8 cm³/mol. The average molecular weight is 186 g/mol. The van der Waals surface area contributed by atoms with E-state index in [1.165, 1.54) is 11.3 Å². The summed E-state index contributed by atoms with van der Waals surface area (Å²) in [6, 6.07) is -0.411. The lowest BCUT2D eigenvalue weighted by atomic mass is 9.93. The van der Waals surface area contributed by atoms with E-state index in [4.69, 9.17) is 10.5 Å². The van der Waals surface area contributed by atoms with Crippen molar-refractivity contribution in [2.24, 2.45) is 5.73 Å². The van der Waals surface area contributed by atoms with Crippen LogP contribution in [0.4, 0.5) is 0 Å². The third-order valence-electron chi connectivity index (χ3n) is 2.00. The molecule has 1 aliphatic heterocycles. The third-order valence-corrected chi connectivity index (χ3v) is 2.86. The van der Waals surface area contributed by atoms with Crippen LogP contribution >= 0.6 is 11.3 Å². The average Bonchev–Trinajstić information content (AvgIpc) is 2.50. The highest BCUT2D eigenvalue weighted by molar-refractivity contribution is 7.09. The Kier molecular flexibility index (Phi) is 1.88. The summed E-state index contributed by atoms with van der Waals surface area (Å²) >= 11 is 1.46. The molecule has 0 spiro atoms. The van der Waals surface area contributed by atoms with E-state index in [1.807, 2.05) is 5.38 Å². The zero-order valence-electron chi connectivity index (χ0n) is 6.43. The molecule has 2 rings (SSSR count). The summed E-state index contributed by atoms with van der Waals surface area (Å²) in [4.78, 5) is 4.04. The van der Waals surface area contributed by atoms with Crippen molar-refractivity contribution in [3.63, 3.8) is 0 Å². The molecule has 0 bridgehead atoms. The molecule has 1 aromatic heterocycles. The number of aromatic nitrogens is 1. The molecule has 1 fully saturated rings. The first-order chi connectivity index (χ1) is 5.72. The van der Waals surface area contributed by atoms with Gasteiger partial charge in [0, 0.05) is 11.6 Å². The van der Waals surface area contributed by atoms with Crippen LogP contribution in [0.2, 0.25) is 0 Å². The van der Waals surface area contributed by atoms with Crippen LogP contribution < -0.4 is 5.73 Å². The van der Waals surface area contributed by atoms with Crippen molar-refractivity contribution in [2.75, 3.05) is 13.2 Å². The van der Waals surface area contributed by atoms with Crippen LogP contribution in [0, 0.1) is 0 Å². The van der Waals surface area contributed by atoms with Crippen molar-refractivity contribution < 1.29 is 9.84 Å². The summed E-state index contributed by atoms with van der Waals surface area (Å²) in [5.41, 5.74) is 4.91. The third kappa shape index (κ3) is 1.15. The van der Waals surface area contributed by atoms with Gasteiger partial charge >= 0.3 is 0 Å². The molecule has 0 amide bonds. The summed E-state index contributed by atoms with van der Waals surface area (Å²) in [5.74, 6) is 0. The Hall–Kier alpha value is -0.490. The van der Waals surface area contributed by atoms with E-state index in [1.54, 1.807) is 6.20 Å². The summed E-state index contributed by atoms with van der Waals surface area (Å²) in [5, 5.41) is 12.4. The summed E-state index contributed by atoms with van der Waals surface area (Å²) < 4.78 is 4.90. The quantitative estimate of drug-likeness (QED) is 0.677. The van der Waals surface area contributed by atoms with Crippen molar-refractivity contribution in [2.45, 2.75) is 11.6 Å². The van der Waals surface area contributed by atoms with Gasteiger partial charge in [0.25, 0.3) is 0 Å². The number of nitrogens with zero attached hydrogens (tertiary/aromatic N) is 1. The maximum Gasteiger partial charge on any atom is 0.133 e. The number of hydrogen-bond donors (Lipinski definition) is 2. The highest BCUT2D eigenvalue weighted by Gasteiger charge is 2.43. The van der Waals surface area contributed by atoms with Crippen LogP contribution in [-0.2, 0) is 4.74 Å². The monoisotopic (exact) mass is 186 g/mol. The van der Waals surface area contributed by atoms with Crippen molar-refractivity contribution in [3.8, 4) is 0 Å². The molecule has 0 saturated carbocycles. The summed E-state index contributed by atoms with van der Waals surface area (Å²) in [7, 11) is 0. The Bertz CT molecular complexity index is 258. The Labute approximate surface area is 74.0 Å². The molecule has 0 aromatic carbocycles. The van der Waals surface area contributed by atoms with Gasteiger partial charge in [-0.2, -0.15) is 0 Å². The van der Waals surface area contributed by atoms with E-state index < -0.39 is 11.6 Å². The Morgan fingerprint density at radius 1 is 1.75 bits per heavy atom. The molecule has 4 nitrogen and oxygen atoms in total. The largest absolute Gasteiger partial charge is 0.383 e. The van der Waals surface area contributed by atoms with Crippen LogP contribution in [0.3, 0.4) is 0 Å². The standard InChI is InChI=1S/C7H10N2O2S/c8-5(6-9-1-2-12-6)7(10)3-11-4-7/h1-2,5,10H,3-4,8H2. The predicted octanol–water partition coefficient (Wildman–Crippen LogP) is -0.0958. The normalized spacial score (nSPS) is 23.2. The minimum atomic E-state index is -0.891. The number of ether oxygens (including phenoxy) is 1. The molecule has 0 radical (unpaired) electrons. The molecule has 1 aliphatic rings. The zero-order valence-corrected chi connectivity index (χ0v) is 7.25. The van der Waals surface area contributed by atoms with Gasteiger partial charge in [0.05, 0.1) is 19.3 Å². The molecule has 5 heteroatoms. The van der Waals surface area contributed by atoms with Gasteiger partial charge in [-0.1, -0.05) is 0 Å². The van der Waals surface area contributed by atoms with E-state index in [0.717, 1.165) is 5.01 Å². The van der Waals surface area contributed by atoms with Gasteiger partial charge in [0.1, 0.15) is 10.6 Å². The van der Waals surface area contributed by atoms with Gasteiger partial charge < -0.3 is 15.6 Å². The highest BCUT2D eigenvalue weighted by Crippen LogP contribution is 2.30. The smallest absolute Gasteiger partial charge is 0.133 e. The lowest BCUT2D eigenvalue weighted by molar-refractivity contribution is -0.190. The number of hydrogen-bond acceptors (Lipinski definition) is 5. The van der Waals surface area contributed by atoms with Gasteiger partial charge in [0.15, 0.2) is 0 Å². The van der Waals surface area contributed by atoms with E-state index in [2.05, 4.69) is 4.98 Å². The van der Waals surface area contributed by atoms with E-state index >= 15 is 0 Å². The van der Waals surface area contributed by atoms with Gasteiger partial charge in [-0.25, -0.2) is 4.98 Å². The first-order valence-electron chi connectivity index (χ1n) is 3.67. The van der Waals surface area contributed by atoms with Crippen molar-refractivity contribution >= 4 is 11.3 Å². The molecule has 1 aromatic rings. The minimum absolute atomic E-state index is 0.313. The van der Waals surface area contributed by atoms with E-state index in [-0.39, 0.29) is 0 Å². The lowest BCUT2D eigenvalue weighted by Gasteiger charge is -2.39. The van der Waals surface area contributed by atoms with Gasteiger partial charge in [-0.05, 0) is 0 Å².